The third kappa shape index (κ3) is 11.2. The maximum absolute atomic E-state index is 3.67. The first-order chi connectivity index (χ1) is 21.0. The van der Waals surface area contributed by atoms with Crippen LogP contribution in [0.25, 0.3) is 11.1 Å². The van der Waals surface area contributed by atoms with Gasteiger partial charge in [-0.3, -0.25) is 6.08 Å². The molecule has 4 aromatic carbocycles. The van der Waals surface area contributed by atoms with Crippen LogP contribution >= 0.6 is 0 Å². The average molecular weight is 757 g/mol. The van der Waals surface area contributed by atoms with Crippen molar-refractivity contribution in [3.05, 3.63) is 154 Å². The molecular weight excluding hydrogens is 707 g/mol. The SMILES string of the molecule is CC(C)(C)c1[c-]c2c(cc1)-c1ccc(C(C)(C)C)cc1C2.CC1[C-]=CC([Si](C)(C)C)=C1.[Cl-].[Cl-].[Zr+2]=[C](c1ccccc1)c1ccccc1. The zero-order valence-electron chi connectivity index (χ0n) is 29.9. The Morgan fingerprint density at radius 1 is 0.723 bits per heavy atom. The van der Waals surface area contributed by atoms with Crippen molar-refractivity contribution in [3.8, 4) is 11.1 Å². The Balaban J connectivity index is 0.000000258. The molecule has 246 valence electrons. The summed E-state index contributed by atoms with van der Waals surface area (Å²) < 4.78 is 1.42. The molecule has 0 heterocycles. The van der Waals surface area contributed by atoms with Crippen LogP contribution in [-0.2, 0) is 41.5 Å². The second-order valence-corrected chi connectivity index (χ2v) is 21.7. The molecule has 1 atom stereocenters. The van der Waals surface area contributed by atoms with Crippen molar-refractivity contribution in [1.82, 2.24) is 0 Å². The Morgan fingerprint density at radius 2 is 1.26 bits per heavy atom. The summed E-state index contributed by atoms with van der Waals surface area (Å²) in [5.41, 5.74) is 11.4. The molecule has 47 heavy (non-hydrogen) atoms. The number of fused-ring (bicyclic) bond motifs is 3. The van der Waals surface area contributed by atoms with E-state index in [0.717, 1.165) is 6.42 Å². The van der Waals surface area contributed by atoms with Crippen LogP contribution in [0.5, 0.6) is 0 Å². The van der Waals surface area contributed by atoms with Crippen molar-refractivity contribution >= 4 is 11.3 Å². The van der Waals surface area contributed by atoms with E-state index in [1.54, 1.807) is 5.20 Å². The molecule has 2 aliphatic rings. The molecule has 0 saturated heterocycles. The molecule has 4 heteroatoms. The van der Waals surface area contributed by atoms with Gasteiger partial charge in [0.05, 0.1) is 0 Å². The predicted octanol–water partition coefficient (Wildman–Crippen LogP) is 5.26. The Kier molecular flexibility index (Phi) is 14.9. The molecule has 0 bridgehead atoms. The summed E-state index contributed by atoms with van der Waals surface area (Å²) in [5, 5.41) is 1.56. The standard InChI is InChI=1S/C21H25.C13H10.C9H15Si.2ClH.Zr/c1-20(2,3)16-7-9-18-14(12-16)11-15-13-17(21(4,5)6)8-10-19(15)18;1-3-7-12(8-4-1)11-13-9-5-2-6-10-13;1-8-5-6-9(7-8)10(2,3)4;;;/h7-10,12H,11H2,1-6H3;1-10H;6-8H,1-4H3;2*1H;/q-1;;-1;;;+2/p-2. The van der Waals surface area contributed by atoms with Crippen LogP contribution < -0.4 is 24.8 Å². The Bertz CT molecular complexity index is 1580. The molecular formula is C43H50Cl2SiZr-2. The Labute approximate surface area is 314 Å². The fourth-order valence-corrected chi connectivity index (χ4v) is 7.54. The third-order valence-electron chi connectivity index (χ3n) is 8.39. The van der Waals surface area contributed by atoms with Crippen LogP contribution in [-0.4, -0.2) is 11.3 Å². The summed E-state index contributed by atoms with van der Waals surface area (Å²) in [6, 6.07) is 36.3. The van der Waals surface area contributed by atoms with E-state index >= 15 is 0 Å². The van der Waals surface area contributed by atoms with Crippen LogP contribution in [0.4, 0.5) is 0 Å². The zero-order chi connectivity index (χ0) is 33.0. The van der Waals surface area contributed by atoms with Gasteiger partial charge in [-0.15, -0.1) is 11.1 Å². The summed E-state index contributed by atoms with van der Waals surface area (Å²) in [7, 11) is -1.02. The van der Waals surface area contributed by atoms with Crippen molar-refractivity contribution in [2.24, 2.45) is 5.92 Å². The zero-order valence-corrected chi connectivity index (χ0v) is 34.8. The number of rotatable bonds is 3. The second kappa shape index (κ2) is 17.0. The third-order valence-corrected chi connectivity index (χ3v) is 11.8. The van der Waals surface area contributed by atoms with E-state index in [4.69, 9.17) is 0 Å². The van der Waals surface area contributed by atoms with E-state index < -0.39 is 8.07 Å². The molecule has 0 nitrogen and oxygen atoms in total. The van der Waals surface area contributed by atoms with E-state index in [1.165, 1.54) is 71.9 Å². The average Bonchev–Trinajstić information content (AvgIpc) is 3.60. The summed E-state index contributed by atoms with van der Waals surface area (Å²) in [6.45, 7) is 22.9. The summed E-state index contributed by atoms with van der Waals surface area (Å²) >= 11 is 1.46. The normalized spacial score (nSPS) is 14.6. The molecule has 0 amide bonds. The predicted molar refractivity (Wildman–Crippen MR) is 195 cm³/mol. The van der Waals surface area contributed by atoms with Crippen molar-refractivity contribution in [1.29, 1.82) is 0 Å². The second-order valence-electron chi connectivity index (χ2n) is 15.4. The van der Waals surface area contributed by atoms with Crippen molar-refractivity contribution in [2.45, 2.75) is 85.4 Å². The quantitative estimate of drug-likeness (QED) is 0.174. The van der Waals surface area contributed by atoms with Gasteiger partial charge in [0, 0.05) is 0 Å². The van der Waals surface area contributed by atoms with Gasteiger partial charge in [-0.2, -0.15) is 29.8 Å². The first kappa shape index (κ1) is 41.1. The van der Waals surface area contributed by atoms with Gasteiger partial charge in [0.25, 0.3) is 0 Å². The molecule has 0 saturated carbocycles. The fourth-order valence-electron chi connectivity index (χ4n) is 5.46. The number of halogens is 2. The van der Waals surface area contributed by atoms with Crippen LogP contribution in [0.3, 0.4) is 0 Å². The van der Waals surface area contributed by atoms with Crippen molar-refractivity contribution in [2.75, 3.05) is 0 Å². The molecule has 0 fully saturated rings. The molecule has 0 spiro atoms. The van der Waals surface area contributed by atoms with Crippen LogP contribution in [0.1, 0.15) is 81.8 Å². The molecule has 4 aromatic rings. The van der Waals surface area contributed by atoms with Crippen LogP contribution in [0, 0.1) is 18.1 Å². The minimum atomic E-state index is -1.02. The first-order valence-corrected chi connectivity index (χ1v) is 21.0. The van der Waals surface area contributed by atoms with E-state index in [1.807, 2.05) is 0 Å². The van der Waals surface area contributed by atoms with Gasteiger partial charge in [0.1, 0.15) is 0 Å². The molecule has 0 aliphatic heterocycles. The summed E-state index contributed by atoms with van der Waals surface area (Å²) in [4.78, 5) is 0. The number of allylic oxidation sites excluding steroid dienone is 4. The molecule has 2 aliphatic carbocycles. The van der Waals surface area contributed by atoms with Crippen LogP contribution in [0.2, 0.25) is 19.6 Å². The fraction of sp³-hybridized carbons (Fsp3) is 0.326. The maximum atomic E-state index is 3.67. The van der Waals surface area contributed by atoms with E-state index in [9.17, 15) is 0 Å². The van der Waals surface area contributed by atoms with Gasteiger partial charge < -0.3 is 24.8 Å². The summed E-state index contributed by atoms with van der Waals surface area (Å²) in [5.74, 6) is 0.557. The molecule has 1 unspecified atom stereocenters. The van der Waals surface area contributed by atoms with E-state index in [-0.39, 0.29) is 35.6 Å². The molecule has 0 radical (unpaired) electrons. The number of hydrogen-bond acceptors (Lipinski definition) is 0. The van der Waals surface area contributed by atoms with Gasteiger partial charge in [0.2, 0.25) is 0 Å². The van der Waals surface area contributed by atoms with Crippen molar-refractivity contribution in [3.63, 3.8) is 0 Å². The minimum absolute atomic E-state index is 0. The van der Waals surface area contributed by atoms with Gasteiger partial charge in [0.15, 0.2) is 0 Å². The van der Waals surface area contributed by atoms with Crippen LogP contribution in [0.15, 0.2) is 108 Å². The molecule has 6 rings (SSSR count). The van der Waals surface area contributed by atoms with Gasteiger partial charge in [-0.1, -0.05) is 97.8 Å². The topological polar surface area (TPSA) is 0 Å². The van der Waals surface area contributed by atoms with Gasteiger partial charge in [-0.05, 0) is 36.5 Å². The Hall–Kier alpha value is -2.09. The van der Waals surface area contributed by atoms with Crippen molar-refractivity contribution < 1.29 is 49.0 Å². The van der Waals surface area contributed by atoms with Gasteiger partial charge >= 0.3 is 99.2 Å². The number of hydrogen-bond donors (Lipinski definition) is 0. The first-order valence-electron chi connectivity index (χ1n) is 16.2. The monoisotopic (exact) mass is 754 g/mol. The molecule has 0 aromatic heterocycles. The number of benzene rings is 4. The van der Waals surface area contributed by atoms with E-state index in [0.29, 0.717) is 5.92 Å². The Morgan fingerprint density at radius 3 is 1.68 bits per heavy atom. The van der Waals surface area contributed by atoms with E-state index in [2.05, 4.69) is 183 Å². The van der Waals surface area contributed by atoms with Gasteiger partial charge in [-0.25, -0.2) is 11.3 Å². The summed E-state index contributed by atoms with van der Waals surface area (Å²) in [6.07, 6.45) is 8.84. The molecule has 0 N–H and O–H groups in total.